The molecule has 0 aliphatic rings. The minimum absolute atomic E-state index is 0.0645. The van der Waals surface area contributed by atoms with E-state index in [9.17, 15) is 4.39 Å². The number of aromatic nitrogens is 2. The molecule has 0 saturated heterocycles. The van der Waals surface area contributed by atoms with E-state index >= 15 is 0 Å². The van der Waals surface area contributed by atoms with Crippen LogP contribution in [0.1, 0.15) is 11.1 Å². The molecule has 100 valence electrons. The average Bonchev–Trinajstić information content (AvgIpc) is 2.84. The highest BCUT2D eigenvalue weighted by Gasteiger charge is 2.08. The normalized spacial score (nSPS) is 10.8. The molecule has 2 N–H and O–H groups in total. The molecule has 2 aromatic carbocycles. The van der Waals surface area contributed by atoms with Crippen molar-refractivity contribution in [3.63, 3.8) is 0 Å². The van der Waals surface area contributed by atoms with E-state index < -0.39 is 5.82 Å². The van der Waals surface area contributed by atoms with Gasteiger partial charge in [0.1, 0.15) is 10.8 Å². The molecule has 3 rings (SSSR count). The quantitative estimate of drug-likeness (QED) is 0.753. The van der Waals surface area contributed by atoms with Crippen molar-refractivity contribution in [3.05, 3.63) is 65.6 Å². The number of fused-ring (bicyclic) bond motifs is 1. The second-order valence-electron chi connectivity index (χ2n) is 4.54. The molecule has 0 radical (unpaired) electrons. The van der Waals surface area contributed by atoms with Gasteiger partial charge in [0.15, 0.2) is 0 Å². The fraction of sp³-hybridized carbons (Fsp3) is 0.0667. The van der Waals surface area contributed by atoms with Crippen molar-refractivity contribution in [2.75, 3.05) is 0 Å². The summed E-state index contributed by atoms with van der Waals surface area (Å²) in [6, 6.07) is 12.7. The Bertz CT molecular complexity index is 795. The smallest absolute Gasteiger partial charge is 0.133 e. The summed E-state index contributed by atoms with van der Waals surface area (Å²) in [7, 11) is 0. The van der Waals surface area contributed by atoms with E-state index in [-0.39, 0.29) is 10.6 Å². The van der Waals surface area contributed by atoms with Gasteiger partial charge >= 0.3 is 0 Å². The Hall–Kier alpha value is -2.27. The van der Waals surface area contributed by atoms with Crippen molar-refractivity contribution in [1.29, 1.82) is 0 Å². The molecule has 3 nitrogen and oxygen atoms in total. The lowest BCUT2D eigenvalue weighted by molar-refractivity contribution is 0.623. The van der Waals surface area contributed by atoms with Crippen molar-refractivity contribution in [2.45, 2.75) is 6.54 Å². The molecule has 0 aliphatic carbocycles. The van der Waals surface area contributed by atoms with Crippen molar-refractivity contribution >= 4 is 28.1 Å². The van der Waals surface area contributed by atoms with Crippen molar-refractivity contribution < 1.29 is 4.39 Å². The molecular weight excluding hydrogens is 273 g/mol. The summed E-state index contributed by atoms with van der Waals surface area (Å²) in [6.45, 7) is 0.545. The van der Waals surface area contributed by atoms with E-state index in [0.717, 1.165) is 16.5 Å². The predicted octanol–water partition coefficient (Wildman–Crippen LogP) is 2.86. The number of hydrogen-bond donors (Lipinski definition) is 1. The first kappa shape index (κ1) is 12.7. The lowest BCUT2D eigenvalue weighted by atomic mass is 10.1. The number of para-hydroxylation sites is 1. The largest absolute Gasteiger partial charge is 0.389 e. The average molecular weight is 285 g/mol. The van der Waals surface area contributed by atoms with Gasteiger partial charge in [0.05, 0.1) is 18.3 Å². The zero-order chi connectivity index (χ0) is 14.1. The number of benzene rings is 2. The molecule has 0 fully saturated rings. The van der Waals surface area contributed by atoms with Crippen LogP contribution in [0.15, 0.2) is 48.7 Å². The molecule has 0 atom stereocenters. The van der Waals surface area contributed by atoms with E-state index in [1.165, 1.54) is 6.07 Å². The van der Waals surface area contributed by atoms with Crippen molar-refractivity contribution in [2.24, 2.45) is 5.73 Å². The van der Waals surface area contributed by atoms with Crippen LogP contribution in [0.2, 0.25) is 0 Å². The minimum Gasteiger partial charge on any atom is -0.389 e. The van der Waals surface area contributed by atoms with Crippen molar-refractivity contribution in [3.8, 4) is 0 Å². The van der Waals surface area contributed by atoms with Crippen LogP contribution in [-0.2, 0) is 6.54 Å². The third-order valence-corrected chi connectivity index (χ3v) is 3.40. The van der Waals surface area contributed by atoms with Crippen molar-refractivity contribution in [1.82, 2.24) is 9.78 Å². The highest BCUT2D eigenvalue weighted by molar-refractivity contribution is 7.80. The van der Waals surface area contributed by atoms with Crippen LogP contribution in [-0.4, -0.2) is 14.8 Å². The van der Waals surface area contributed by atoms with Gasteiger partial charge in [-0.3, -0.25) is 4.68 Å². The molecule has 0 spiro atoms. The molecule has 1 heterocycles. The van der Waals surface area contributed by atoms with Gasteiger partial charge in [-0.25, -0.2) is 4.39 Å². The third-order valence-electron chi connectivity index (χ3n) is 3.18. The molecule has 5 heteroatoms. The van der Waals surface area contributed by atoms with Gasteiger partial charge in [-0.05, 0) is 23.8 Å². The molecule has 0 amide bonds. The first-order valence-corrected chi connectivity index (χ1v) is 6.55. The minimum atomic E-state index is -0.397. The summed E-state index contributed by atoms with van der Waals surface area (Å²) in [4.78, 5) is 0.0645. The number of hydrogen-bond acceptors (Lipinski definition) is 2. The predicted molar refractivity (Wildman–Crippen MR) is 81.1 cm³/mol. The van der Waals surface area contributed by atoms with Crippen LogP contribution in [0, 0.1) is 5.82 Å². The first-order chi connectivity index (χ1) is 9.65. The van der Waals surface area contributed by atoms with Gasteiger partial charge in [-0.2, -0.15) is 5.10 Å². The Morgan fingerprint density at radius 1 is 1.25 bits per heavy atom. The van der Waals surface area contributed by atoms with E-state index in [0.29, 0.717) is 6.54 Å². The van der Waals surface area contributed by atoms with E-state index in [2.05, 4.69) is 5.10 Å². The Kier molecular flexibility index (Phi) is 3.20. The summed E-state index contributed by atoms with van der Waals surface area (Å²) < 4.78 is 15.4. The Balaban J connectivity index is 1.99. The van der Waals surface area contributed by atoms with Crippen LogP contribution in [0.3, 0.4) is 0 Å². The topological polar surface area (TPSA) is 43.8 Å². The summed E-state index contributed by atoms with van der Waals surface area (Å²) in [5, 5.41) is 5.42. The fourth-order valence-corrected chi connectivity index (χ4v) is 2.34. The van der Waals surface area contributed by atoms with Gasteiger partial charge in [0, 0.05) is 10.9 Å². The standard InChI is InChI=1S/C15H12FN3S/c16-13-6-5-10(7-12(13)15(17)20)9-19-14-4-2-1-3-11(14)8-18-19/h1-8H,9H2,(H2,17,20). The summed E-state index contributed by atoms with van der Waals surface area (Å²) >= 11 is 4.85. The molecule has 0 aliphatic heterocycles. The van der Waals surface area contributed by atoms with Crippen LogP contribution in [0.5, 0.6) is 0 Å². The Morgan fingerprint density at radius 3 is 2.85 bits per heavy atom. The highest BCUT2D eigenvalue weighted by atomic mass is 32.1. The summed E-state index contributed by atoms with van der Waals surface area (Å²) in [6.07, 6.45) is 1.81. The lowest BCUT2D eigenvalue weighted by Crippen LogP contribution is -2.12. The van der Waals surface area contributed by atoms with Gasteiger partial charge in [0.2, 0.25) is 0 Å². The number of halogens is 1. The van der Waals surface area contributed by atoms with Crippen LogP contribution in [0.25, 0.3) is 10.9 Å². The summed E-state index contributed by atoms with van der Waals surface area (Å²) in [5.41, 5.74) is 7.73. The number of thiocarbonyl (C=S) groups is 1. The van der Waals surface area contributed by atoms with Crippen LogP contribution < -0.4 is 5.73 Å². The van der Waals surface area contributed by atoms with Gasteiger partial charge in [-0.15, -0.1) is 0 Å². The zero-order valence-electron chi connectivity index (χ0n) is 10.6. The second kappa shape index (κ2) is 5.02. The SMILES string of the molecule is NC(=S)c1cc(Cn2ncc3ccccc32)ccc1F. The summed E-state index contributed by atoms with van der Waals surface area (Å²) in [5.74, 6) is -0.397. The second-order valence-corrected chi connectivity index (χ2v) is 4.98. The zero-order valence-corrected chi connectivity index (χ0v) is 11.4. The lowest BCUT2D eigenvalue weighted by Gasteiger charge is -2.07. The maximum absolute atomic E-state index is 13.6. The van der Waals surface area contributed by atoms with E-state index in [4.69, 9.17) is 18.0 Å². The Morgan fingerprint density at radius 2 is 2.05 bits per heavy atom. The number of nitrogens with two attached hydrogens (primary N) is 1. The van der Waals surface area contributed by atoms with Gasteiger partial charge in [-0.1, -0.05) is 36.5 Å². The van der Waals surface area contributed by atoms with Gasteiger partial charge < -0.3 is 5.73 Å². The first-order valence-electron chi connectivity index (χ1n) is 6.14. The van der Waals surface area contributed by atoms with Crippen LogP contribution >= 0.6 is 12.2 Å². The van der Waals surface area contributed by atoms with E-state index in [1.807, 2.05) is 35.1 Å². The highest BCUT2D eigenvalue weighted by Crippen LogP contribution is 2.16. The molecule has 0 unspecified atom stereocenters. The molecule has 0 bridgehead atoms. The molecule has 0 saturated carbocycles. The maximum atomic E-state index is 13.6. The number of nitrogens with zero attached hydrogens (tertiary/aromatic N) is 2. The van der Waals surface area contributed by atoms with Gasteiger partial charge in [0.25, 0.3) is 0 Å². The molecule has 1 aromatic heterocycles. The molecular formula is C15H12FN3S. The van der Waals surface area contributed by atoms with E-state index in [1.54, 1.807) is 12.1 Å². The molecule has 20 heavy (non-hydrogen) atoms. The number of rotatable bonds is 3. The Labute approximate surface area is 120 Å². The monoisotopic (exact) mass is 285 g/mol. The van der Waals surface area contributed by atoms with Crippen LogP contribution in [0.4, 0.5) is 4.39 Å². The third kappa shape index (κ3) is 2.28. The maximum Gasteiger partial charge on any atom is 0.133 e. The fourth-order valence-electron chi connectivity index (χ4n) is 2.18. The molecule has 3 aromatic rings.